The van der Waals surface area contributed by atoms with Gasteiger partial charge in [-0.3, -0.25) is 4.79 Å². The van der Waals surface area contributed by atoms with E-state index < -0.39 is 0 Å². The van der Waals surface area contributed by atoms with Gasteiger partial charge in [0.2, 0.25) is 5.91 Å². The van der Waals surface area contributed by atoms with Crippen LogP contribution in [0.25, 0.3) is 0 Å². The van der Waals surface area contributed by atoms with Gasteiger partial charge in [0, 0.05) is 18.7 Å². The Hall–Kier alpha value is -1.31. The van der Waals surface area contributed by atoms with Crippen LogP contribution in [0.4, 0.5) is 5.69 Å². The molecule has 1 aromatic rings. The molecule has 86 valence electrons. The lowest BCUT2D eigenvalue weighted by Crippen LogP contribution is -2.36. The number of hydrogen-bond donors (Lipinski definition) is 0. The van der Waals surface area contributed by atoms with Gasteiger partial charge in [-0.2, -0.15) is 0 Å². The summed E-state index contributed by atoms with van der Waals surface area (Å²) in [6.07, 6.45) is 2.65. The molecule has 1 aliphatic rings. The van der Waals surface area contributed by atoms with Crippen molar-refractivity contribution in [3.63, 3.8) is 0 Å². The standard InChI is InChI=1S/C14H19NO/c1-3-6-14(16)15-10-9-11(2)12-7-4-5-8-13(12)15/h4-5,7-8,11H,3,6,9-10H2,1-2H3. The lowest BCUT2D eigenvalue weighted by molar-refractivity contribution is -0.118. The molecule has 0 radical (unpaired) electrons. The van der Waals surface area contributed by atoms with Gasteiger partial charge in [0.25, 0.3) is 0 Å². The Morgan fingerprint density at radius 2 is 2.19 bits per heavy atom. The van der Waals surface area contributed by atoms with E-state index in [0.29, 0.717) is 12.3 Å². The number of carbonyl (C=O) groups excluding carboxylic acids is 1. The highest BCUT2D eigenvalue weighted by Crippen LogP contribution is 2.34. The molecule has 0 N–H and O–H groups in total. The molecule has 1 aliphatic heterocycles. The van der Waals surface area contributed by atoms with Crippen LogP contribution >= 0.6 is 0 Å². The third-order valence-corrected chi connectivity index (χ3v) is 3.31. The van der Waals surface area contributed by atoms with Gasteiger partial charge in [0.1, 0.15) is 0 Å². The molecule has 1 heterocycles. The highest BCUT2D eigenvalue weighted by molar-refractivity contribution is 5.94. The van der Waals surface area contributed by atoms with E-state index in [9.17, 15) is 4.79 Å². The van der Waals surface area contributed by atoms with Gasteiger partial charge >= 0.3 is 0 Å². The van der Waals surface area contributed by atoms with Crippen molar-refractivity contribution in [2.45, 2.75) is 39.0 Å². The summed E-state index contributed by atoms with van der Waals surface area (Å²) in [7, 11) is 0. The molecule has 1 unspecified atom stereocenters. The molecule has 0 bridgehead atoms. The summed E-state index contributed by atoms with van der Waals surface area (Å²) in [6.45, 7) is 5.16. The Morgan fingerprint density at radius 1 is 1.44 bits per heavy atom. The number of carbonyl (C=O) groups is 1. The first-order chi connectivity index (χ1) is 7.74. The van der Waals surface area contributed by atoms with Gasteiger partial charge in [-0.15, -0.1) is 0 Å². The quantitative estimate of drug-likeness (QED) is 0.744. The number of para-hydroxylation sites is 1. The Bertz CT molecular complexity index is 386. The van der Waals surface area contributed by atoms with Gasteiger partial charge in [-0.25, -0.2) is 0 Å². The zero-order valence-corrected chi connectivity index (χ0v) is 10.1. The van der Waals surface area contributed by atoms with E-state index in [4.69, 9.17) is 0 Å². The number of amides is 1. The van der Waals surface area contributed by atoms with E-state index in [1.54, 1.807) is 0 Å². The second-order valence-electron chi connectivity index (χ2n) is 4.54. The van der Waals surface area contributed by atoms with Crippen LogP contribution in [0.5, 0.6) is 0 Å². The van der Waals surface area contributed by atoms with Crippen molar-refractivity contribution < 1.29 is 4.79 Å². The van der Waals surface area contributed by atoms with Crippen molar-refractivity contribution in [1.82, 2.24) is 0 Å². The molecule has 0 saturated carbocycles. The Labute approximate surface area is 97.3 Å². The molecule has 0 spiro atoms. The first-order valence-electron chi connectivity index (χ1n) is 6.13. The molecule has 1 aromatic carbocycles. The maximum absolute atomic E-state index is 12.0. The summed E-state index contributed by atoms with van der Waals surface area (Å²) in [5, 5.41) is 0. The lowest BCUT2D eigenvalue weighted by atomic mass is 9.91. The smallest absolute Gasteiger partial charge is 0.226 e. The molecule has 0 fully saturated rings. The molecular weight excluding hydrogens is 198 g/mol. The summed E-state index contributed by atoms with van der Waals surface area (Å²) in [4.78, 5) is 14.0. The molecule has 1 amide bonds. The number of hydrogen-bond acceptors (Lipinski definition) is 1. The summed E-state index contributed by atoms with van der Waals surface area (Å²) >= 11 is 0. The molecule has 2 heteroatoms. The maximum Gasteiger partial charge on any atom is 0.226 e. The van der Waals surface area contributed by atoms with Crippen molar-refractivity contribution in [2.24, 2.45) is 0 Å². The molecule has 0 saturated heterocycles. The van der Waals surface area contributed by atoms with E-state index in [1.807, 2.05) is 11.0 Å². The molecule has 16 heavy (non-hydrogen) atoms. The minimum atomic E-state index is 0.266. The van der Waals surface area contributed by atoms with Gasteiger partial charge in [0.15, 0.2) is 0 Å². The summed E-state index contributed by atoms with van der Waals surface area (Å²) < 4.78 is 0. The predicted molar refractivity (Wildman–Crippen MR) is 66.7 cm³/mol. The fraction of sp³-hybridized carbons (Fsp3) is 0.500. The first kappa shape index (κ1) is 11.2. The summed E-state index contributed by atoms with van der Waals surface area (Å²) in [5.41, 5.74) is 2.44. The minimum absolute atomic E-state index is 0.266. The fourth-order valence-corrected chi connectivity index (χ4v) is 2.36. The van der Waals surface area contributed by atoms with Crippen molar-refractivity contribution in [2.75, 3.05) is 11.4 Å². The monoisotopic (exact) mass is 217 g/mol. The van der Waals surface area contributed by atoms with Gasteiger partial charge in [0.05, 0.1) is 0 Å². The third kappa shape index (κ3) is 1.97. The molecule has 1 atom stereocenters. The van der Waals surface area contributed by atoms with E-state index in [1.165, 1.54) is 5.56 Å². The lowest BCUT2D eigenvalue weighted by Gasteiger charge is -2.33. The highest BCUT2D eigenvalue weighted by atomic mass is 16.2. The fourth-order valence-electron chi connectivity index (χ4n) is 2.36. The van der Waals surface area contributed by atoms with Gasteiger partial charge in [-0.1, -0.05) is 32.0 Å². The first-order valence-corrected chi connectivity index (χ1v) is 6.13. The van der Waals surface area contributed by atoms with Crippen molar-refractivity contribution in [1.29, 1.82) is 0 Å². The number of nitrogens with zero attached hydrogens (tertiary/aromatic N) is 1. The number of rotatable bonds is 2. The second kappa shape index (κ2) is 4.69. The molecule has 0 aromatic heterocycles. The maximum atomic E-state index is 12.0. The van der Waals surface area contributed by atoms with Crippen LogP contribution in [0.15, 0.2) is 24.3 Å². The molecule has 2 rings (SSSR count). The number of anilines is 1. The summed E-state index contributed by atoms with van der Waals surface area (Å²) in [6, 6.07) is 8.29. The van der Waals surface area contributed by atoms with Crippen LogP contribution in [-0.2, 0) is 4.79 Å². The third-order valence-electron chi connectivity index (χ3n) is 3.31. The van der Waals surface area contributed by atoms with Crippen molar-refractivity contribution in [3.8, 4) is 0 Å². The topological polar surface area (TPSA) is 20.3 Å². The predicted octanol–water partition coefficient (Wildman–Crippen LogP) is 3.33. The van der Waals surface area contributed by atoms with Crippen LogP contribution < -0.4 is 4.90 Å². The van der Waals surface area contributed by atoms with Crippen molar-refractivity contribution in [3.05, 3.63) is 29.8 Å². The number of fused-ring (bicyclic) bond motifs is 1. The SMILES string of the molecule is CCCC(=O)N1CCC(C)c2ccccc21. The van der Waals surface area contributed by atoms with Gasteiger partial charge in [-0.05, 0) is 30.4 Å². The highest BCUT2D eigenvalue weighted by Gasteiger charge is 2.25. The van der Waals surface area contributed by atoms with E-state index in [0.717, 1.165) is 25.1 Å². The number of benzene rings is 1. The van der Waals surface area contributed by atoms with Gasteiger partial charge < -0.3 is 4.90 Å². The van der Waals surface area contributed by atoms with Crippen LogP contribution in [0.2, 0.25) is 0 Å². The molecule has 2 nitrogen and oxygen atoms in total. The Balaban J connectivity index is 2.31. The zero-order chi connectivity index (χ0) is 11.5. The Morgan fingerprint density at radius 3 is 2.94 bits per heavy atom. The van der Waals surface area contributed by atoms with Crippen LogP contribution in [-0.4, -0.2) is 12.5 Å². The summed E-state index contributed by atoms with van der Waals surface area (Å²) in [5.74, 6) is 0.837. The van der Waals surface area contributed by atoms with Crippen LogP contribution in [0.3, 0.4) is 0 Å². The largest absolute Gasteiger partial charge is 0.312 e. The van der Waals surface area contributed by atoms with E-state index >= 15 is 0 Å². The average molecular weight is 217 g/mol. The van der Waals surface area contributed by atoms with E-state index in [-0.39, 0.29) is 5.91 Å². The zero-order valence-electron chi connectivity index (χ0n) is 10.1. The average Bonchev–Trinajstić information content (AvgIpc) is 2.30. The van der Waals surface area contributed by atoms with Crippen molar-refractivity contribution >= 4 is 11.6 Å². The second-order valence-corrected chi connectivity index (χ2v) is 4.54. The van der Waals surface area contributed by atoms with Crippen LogP contribution in [0, 0.1) is 0 Å². The van der Waals surface area contributed by atoms with Crippen LogP contribution in [0.1, 0.15) is 44.6 Å². The molecular formula is C14H19NO. The molecule has 0 aliphatic carbocycles. The normalized spacial score (nSPS) is 19.4. The minimum Gasteiger partial charge on any atom is -0.312 e. The van der Waals surface area contributed by atoms with E-state index in [2.05, 4.69) is 32.0 Å². The Kier molecular flexibility index (Phi) is 3.28.